The lowest BCUT2D eigenvalue weighted by Gasteiger charge is -2.27. The molecule has 0 aliphatic rings. The molecule has 52 heavy (non-hydrogen) atoms. The molecule has 0 aromatic heterocycles. The second kappa shape index (κ2) is 18.3. The second-order valence-corrected chi connectivity index (χ2v) is 17.3. The van der Waals surface area contributed by atoms with Crippen LogP contribution in [0.15, 0.2) is 82.6 Å². The highest BCUT2D eigenvalue weighted by atomic mass is 32.3. The third-order valence-corrected chi connectivity index (χ3v) is 12.6. The fourth-order valence-corrected chi connectivity index (χ4v) is 7.08. The maximum atomic E-state index is 12.6. The maximum Gasteiger partial charge on any atom is 0.512 e. The van der Waals surface area contributed by atoms with Gasteiger partial charge in [-0.15, -0.1) is 0 Å². The molecule has 294 valence electrons. The zero-order chi connectivity index (χ0) is 40.5. The van der Waals surface area contributed by atoms with Crippen molar-refractivity contribution in [2.45, 2.75) is 113 Å². The van der Waals surface area contributed by atoms with E-state index in [2.05, 4.69) is 13.8 Å². The molecular formula is C34H45F6NO8S3. The number of alkyl halides is 6. The SMILES string of the molecule is CCC(C)c1ccc(C(C)(O)C(F)(F)F)cc1.CCC(C)c1ccc(S(=O)(=O)NS(=O)(=O)C(F)(F)F)cc1.CCC(C)c1ccc(S(=O)(=O)O)cc1. The molecule has 3 aromatic carbocycles. The molecule has 0 saturated carbocycles. The lowest BCUT2D eigenvalue weighted by atomic mass is 9.91. The number of halogens is 6. The summed E-state index contributed by atoms with van der Waals surface area (Å²) in [6, 6.07) is 17.3. The van der Waals surface area contributed by atoms with Gasteiger partial charge < -0.3 is 5.11 Å². The van der Waals surface area contributed by atoms with Crippen LogP contribution in [0.1, 0.15) is 108 Å². The van der Waals surface area contributed by atoms with Gasteiger partial charge in [-0.3, -0.25) is 4.55 Å². The van der Waals surface area contributed by atoms with Gasteiger partial charge in [-0.05, 0) is 90.5 Å². The van der Waals surface area contributed by atoms with E-state index in [0.717, 1.165) is 55.0 Å². The summed E-state index contributed by atoms with van der Waals surface area (Å²) in [6.07, 6.45) is -1.93. The molecule has 18 heteroatoms. The Morgan fingerprint density at radius 1 is 0.596 bits per heavy atom. The number of sulfonamides is 2. The Morgan fingerprint density at radius 3 is 1.17 bits per heavy atom. The van der Waals surface area contributed by atoms with Gasteiger partial charge in [-0.1, -0.05) is 94.2 Å². The van der Waals surface area contributed by atoms with E-state index >= 15 is 0 Å². The first kappa shape index (κ1) is 47.0. The van der Waals surface area contributed by atoms with Crippen molar-refractivity contribution in [3.63, 3.8) is 0 Å². The zero-order valence-corrected chi connectivity index (χ0v) is 32.1. The Labute approximate surface area is 302 Å². The van der Waals surface area contributed by atoms with Crippen molar-refractivity contribution in [1.82, 2.24) is 4.13 Å². The average Bonchev–Trinajstić information content (AvgIpc) is 3.06. The van der Waals surface area contributed by atoms with Gasteiger partial charge in [0.25, 0.3) is 20.1 Å². The smallest absolute Gasteiger partial charge is 0.376 e. The van der Waals surface area contributed by atoms with Crippen LogP contribution < -0.4 is 4.13 Å². The van der Waals surface area contributed by atoms with E-state index in [1.807, 2.05) is 27.7 Å². The Kier molecular flexibility index (Phi) is 16.6. The van der Waals surface area contributed by atoms with E-state index in [1.165, 1.54) is 36.4 Å². The standard InChI is InChI=1S/C13H17F3O.C11H14F3NO4S2.C10H14O3S/c1-4-9(2)10-5-7-11(8-6-10)12(3,17)13(14,15)16;1-3-8(2)9-4-6-10(7-5-9)20(16,17)15-21(18,19)11(12,13)14;1-3-8(2)9-4-6-10(7-5-9)14(11,12)13/h5-9,17H,4H2,1-3H3;4-8,15H,3H2,1-2H3;4-8H,3H2,1-2H3,(H,11,12,13). The molecule has 3 rings (SSSR count). The van der Waals surface area contributed by atoms with Crippen LogP contribution in [0.2, 0.25) is 0 Å². The van der Waals surface area contributed by atoms with E-state index in [9.17, 15) is 56.7 Å². The lowest BCUT2D eigenvalue weighted by Crippen LogP contribution is -2.40. The predicted molar refractivity (Wildman–Crippen MR) is 186 cm³/mol. The summed E-state index contributed by atoms with van der Waals surface area (Å²) in [4.78, 5) is -0.605. The molecule has 3 N–H and O–H groups in total. The topological polar surface area (TPSA) is 155 Å². The number of rotatable bonds is 11. The van der Waals surface area contributed by atoms with Gasteiger partial charge in [0.2, 0.25) is 0 Å². The van der Waals surface area contributed by atoms with Crippen LogP contribution in [0.3, 0.4) is 0 Å². The molecular weight excluding hydrogens is 761 g/mol. The fourth-order valence-electron chi connectivity index (χ4n) is 4.19. The third-order valence-electron chi connectivity index (χ3n) is 8.46. The van der Waals surface area contributed by atoms with E-state index in [-0.39, 0.29) is 16.4 Å². The molecule has 0 aliphatic carbocycles. The quantitative estimate of drug-likeness (QED) is 0.128. The highest BCUT2D eigenvalue weighted by molar-refractivity contribution is 8.05. The Morgan fingerprint density at radius 2 is 0.904 bits per heavy atom. The first-order valence-corrected chi connectivity index (χ1v) is 20.4. The molecule has 0 radical (unpaired) electrons. The van der Waals surface area contributed by atoms with Crippen molar-refractivity contribution in [2.75, 3.05) is 0 Å². The highest BCUT2D eigenvalue weighted by Gasteiger charge is 2.51. The molecule has 4 unspecified atom stereocenters. The normalized spacial score (nSPS) is 15.5. The van der Waals surface area contributed by atoms with Gasteiger partial charge in [0.15, 0.2) is 5.60 Å². The van der Waals surface area contributed by atoms with E-state index in [1.54, 1.807) is 24.3 Å². The van der Waals surface area contributed by atoms with Gasteiger partial charge in [-0.2, -0.15) is 34.8 Å². The number of nitrogens with one attached hydrogen (secondary N) is 1. The van der Waals surface area contributed by atoms with Crippen LogP contribution in [-0.4, -0.2) is 46.6 Å². The largest absolute Gasteiger partial charge is 0.512 e. The fraction of sp³-hybridized carbons (Fsp3) is 0.471. The van der Waals surface area contributed by atoms with Crippen LogP contribution in [0, 0.1) is 0 Å². The van der Waals surface area contributed by atoms with Gasteiger partial charge in [0.05, 0.1) is 9.79 Å². The van der Waals surface area contributed by atoms with Gasteiger partial charge >= 0.3 is 21.7 Å². The Hall–Kier alpha value is -3.03. The van der Waals surface area contributed by atoms with Crippen LogP contribution in [-0.2, 0) is 35.8 Å². The van der Waals surface area contributed by atoms with Crippen LogP contribution in [0.5, 0.6) is 0 Å². The number of hydrogen-bond donors (Lipinski definition) is 3. The molecule has 0 saturated heterocycles. The summed E-state index contributed by atoms with van der Waals surface area (Å²) < 4.78 is 150. The molecule has 0 fully saturated rings. The summed E-state index contributed by atoms with van der Waals surface area (Å²) in [5, 5.41) is 9.48. The van der Waals surface area contributed by atoms with Crippen molar-refractivity contribution in [1.29, 1.82) is 0 Å². The summed E-state index contributed by atoms with van der Waals surface area (Å²) in [6.45, 7) is 12.8. The molecule has 0 bridgehead atoms. The third kappa shape index (κ3) is 13.1. The first-order chi connectivity index (χ1) is 23.6. The predicted octanol–water partition coefficient (Wildman–Crippen LogP) is 8.74. The Balaban J connectivity index is 0.000000398. The van der Waals surface area contributed by atoms with Gasteiger partial charge in [-0.25, -0.2) is 16.8 Å². The van der Waals surface area contributed by atoms with Gasteiger partial charge in [0.1, 0.15) is 0 Å². The first-order valence-electron chi connectivity index (χ1n) is 16.0. The average molecular weight is 806 g/mol. The van der Waals surface area contributed by atoms with E-state index in [0.29, 0.717) is 16.0 Å². The van der Waals surface area contributed by atoms with Crippen molar-refractivity contribution >= 4 is 30.2 Å². The van der Waals surface area contributed by atoms with Gasteiger partial charge in [0, 0.05) is 0 Å². The monoisotopic (exact) mass is 805 g/mol. The number of aliphatic hydroxyl groups is 1. The number of benzene rings is 3. The van der Waals surface area contributed by atoms with Crippen LogP contribution in [0.4, 0.5) is 26.3 Å². The van der Waals surface area contributed by atoms with Crippen molar-refractivity contribution in [3.8, 4) is 0 Å². The van der Waals surface area contributed by atoms with Crippen molar-refractivity contribution in [3.05, 3.63) is 95.1 Å². The minimum absolute atomic E-state index is 0.0513. The maximum absolute atomic E-state index is 12.6. The van der Waals surface area contributed by atoms with Crippen molar-refractivity contribution < 1.29 is 61.3 Å². The lowest BCUT2D eigenvalue weighted by molar-refractivity contribution is -0.258. The summed E-state index contributed by atoms with van der Waals surface area (Å²) in [5.41, 5.74) is -5.75. The minimum Gasteiger partial charge on any atom is -0.376 e. The van der Waals surface area contributed by atoms with E-state index in [4.69, 9.17) is 4.55 Å². The number of hydrogen-bond acceptors (Lipinski definition) is 7. The highest BCUT2D eigenvalue weighted by Crippen LogP contribution is 2.38. The summed E-state index contributed by atoms with van der Waals surface area (Å²) in [7, 11) is -14.8. The van der Waals surface area contributed by atoms with Crippen molar-refractivity contribution in [2.24, 2.45) is 0 Å². The molecule has 0 amide bonds. The van der Waals surface area contributed by atoms with Crippen LogP contribution in [0.25, 0.3) is 0 Å². The van der Waals surface area contributed by atoms with Crippen LogP contribution >= 0.6 is 0 Å². The minimum atomic E-state index is -5.97. The molecule has 0 heterocycles. The molecule has 9 nitrogen and oxygen atoms in total. The zero-order valence-electron chi connectivity index (χ0n) is 29.6. The molecule has 0 aliphatic heterocycles. The second-order valence-electron chi connectivity index (χ2n) is 12.3. The molecule has 3 aromatic rings. The summed E-state index contributed by atoms with van der Waals surface area (Å²) in [5.74, 6) is 0.860. The van der Waals surface area contributed by atoms with E-state index < -0.39 is 52.3 Å². The molecule has 0 spiro atoms. The molecule has 4 atom stereocenters. The summed E-state index contributed by atoms with van der Waals surface area (Å²) >= 11 is 0. The Bertz CT molecular complexity index is 1900.